The van der Waals surface area contributed by atoms with Gasteiger partial charge in [-0.15, -0.1) is 0 Å². The van der Waals surface area contributed by atoms with Gasteiger partial charge in [0.05, 0.1) is 0 Å². The van der Waals surface area contributed by atoms with E-state index in [0.29, 0.717) is 0 Å². The van der Waals surface area contributed by atoms with Crippen molar-refractivity contribution in [3.63, 3.8) is 0 Å². The van der Waals surface area contributed by atoms with Crippen LogP contribution in [0, 0.1) is 0 Å². The molecule has 1 atom stereocenters. The first-order valence-corrected chi connectivity index (χ1v) is 4.71. The van der Waals surface area contributed by atoms with Crippen LogP contribution in [0.3, 0.4) is 0 Å². The van der Waals surface area contributed by atoms with Gasteiger partial charge in [-0.2, -0.15) is 8.42 Å². The first-order valence-electron chi connectivity index (χ1n) is 3.21. The third kappa shape index (κ3) is 6.78. The van der Waals surface area contributed by atoms with Crippen molar-refractivity contribution in [1.29, 1.82) is 0 Å². The Balaban J connectivity index is 0. The zero-order chi connectivity index (χ0) is 9.78. The second-order valence-electron chi connectivity index (χ2n) is 1.99. The van der Waals surface area contributed by atoms with Gasteiger partial charge in [0, 0.05) is 6.08 Å². The minimum atomic E-state index is -4.31. The van der Waals surface area contributed by atoms with E-state index in [2.05, 4.69) is 11.3 Å². The van der Waals surface area contributed by atoms with Gasteiger partial charge in [-0.25, -0.2) is 4.79 Å². The Kier molecular flexibility index (Phi) is 8.85. The van der Waals surface area contributed by atoms with E-state index in [0.717, 1.165) is 6.08 Å². The van der Waals surface area contributed by atoms with Gasteiger partial charge < -0.3 is 4.74 Å². The average molecular weight is 234 g/mol. The van der Waals surface area contributed by atoms with Gasteiger partial charge >= 0.3 is 67.5 Å². The van der Waals surface area contributed by atoms with Crippen LogP contribution in [0.2, 0.25) is 0 Å². The molecule has 0 aromatic carbocycles. The van der Waals surface area contributed by atoms with Gasteiger partial charge in [-0.05, 0) is 6.42 Å². The molecule has 1 unspecified atom stereocenters. The third-order valence-electron chi connectivity index (χ3n) is 1.08. The van der Waals surface area contributed by atoms with Gasteiger partial charge in [0.25, 0.3) is 0 Å². The summed E-state index contributed by atoms with van der Waals surface area (Å²) in [5, 5.41) is 0. The Morgan fingerprint density at radius 1 is 1.69 bits per heavy atom. The summed E-state index contributed by atoms with van der Waals surface area (Å²) >= 11 is 0. The summed E-state index contributed by atoms with van der Waals surface area (Å²) in [4.78, 5) is 10.5. The fraction of sp³-hybridized carbons (Fsp3) is 0.500. The SMILES string of the molecule is C=CC(=O)OC(CC)S(=O)(=O)O.[KH]. The van der Waals surface area contributed by atoms with Crippen LogP contribution in [0.15, 0.2) is 12.7 Å². The monoisotopic (exact) mass is 234 g/mol. The standard InChI is InChI=1S/C6H10O5S.K.H/c1-3-5(7)11-6(4-2)12(8,9)10;;/h3,6H,1,4H2,2H3,(H,8,9,10);;. The molecular weight excluding hydrogens is 223 g/mol. The molecule has 13 heavy (non-hydrogen) atoms. The van der Waals surface area contributed by atoms with E-state index in [-0.39, 0.29) is 57.8 Å². The van der Waals surface area contributed by atoms with Crippen LogP contribution in [0.25, 0.3) is 0 Å². The summed E-state index contributed by atoms with van der Waals surface area (Å²) < 4.78 is 33.7. The van der Waals surface area contributed by atoms with Crippen LogP contribution in [-0.2, 0) is 19.6 Å². The van der Waals surface area contributed by atoms with Crippen molar-refractivity contribution in [2.75, 3.05) is 0 Å². The molecule has 0 bridgehead atoms. The normalized spacial score (nSPS) is 12.5. The summed E-state index contributed by atoms with van der Waals surface area (Å²) in [6.07, 6.45) is 0.826. The molecule has 72 valence electrons. The number of carbonyl (C=O) groups excluding carboxylic acids is 1. The zero-order valence-corrected chi connectivity index (χ0v) is 7.37. The first kappa shape index (κ1) is 16.2. The van der Waals surface area contributed by atoms with Crippen LogP contribution in [0.4, 0.5) is 0 Å². The Hall–Kier alpha value is 0.756. The molecule has 0 heterocycles. The molecule has 7 heteroatoms. The molecule has 0 radical (unpaired) electrons. The van der Waals surface area contributed by atoms with E-state index >= 15 is 0 Å². The fourth-order valence-corrected chi connectivity index (χ4v) is 1.17. The van der Waals surface area contributed by atoms with E-state index in [1.165, 1.54) is 6.92 Å². The third-order valence-corrected chi connectivity index (χ3v) is 2.17. The molecule has 0 saturated carbocycles. The van der Waals surface area contributed by atoms with Gasteiger partial charge in [0.15, 0.2) is 0 Å². The second kappa shape index (κ2) is 7.10. The van der Waals surface area contributed by atoms with Crippen molar-refractivity contribution in [1.82, 2.24) is 0 Å². The Labute approximate surface area is 120 Å². The summed E-state index contributed by atoms with van der Waals surface area (Å²) in [5.74, 6) is -0.875. The maximum atomic E-state index is 10.5. The molecule has 0 rings (SSSR count). The molecule has 0 aromatic heterocycles. The van der Waals surface area contributed by atoms with E-state index in [1.54, 1.807) is 0 Å². The summed E-state index contributed by atoms with van der Waals surface area (Å²) in [6.45, 7) is 4.55. The number of hydrogen-bond acceptors (Lipinski definition) is 4. The molecule has 0 fully saturated rings. The average Bonchev–Trinajstić information content (AvgIpc) is 1.97. The quantitative estimate of drug-likeness (QED) is 0.312. The molecule has 1 N–H and O–H groups in total. The minimum absolute atomic E-state index is 0. The molecule has 0 aliphatic carbocycles. The fourth-order valence-electron chi connectivity index (χ4n) is 0.532. The van der Waals surface area contributed by atoms with E-state index in [4.69, 9.17) is 4.55 Å². The van der Waals surface area contributed by atoms with Crippen LogP contribution in [0.5, 0.6) is 0 Å². The van der Waals surface area contributed by atoms with Crippen molar-refractivity contribution < 1.29 is 22.5 Å². The molecule has 0 amide bonds. The van der Waals surface area contributed by atoms with Crippen molar-refractivity contribution in [3.8, 4) is 0 Å². The molecule has 0 saturated heterocycles. The van der Waals surface area contributed by atoms with Crippen LogP contribution < -0.4 is 0 Å². The van der Waals surface area contributed by atoms with Crippen LogP contribution >= 0.6 is 0 Å². The zero-order valence-electron chi connectivity index (χ0n) is 6.56. The Morgan fingerprint density at radius 3 is 2.38 bits per heavy atom. The van der Waals surface area contributed by atoms with Crippen molar-refractivity contribution in [2.45, 2.75) is 18.8 Å². The summed E-state index contributed by atoms with van der Waals surface area (Å²) in [6, 6.07) is 0. The van der Waals surface area contributed by atoms with Crippen LogP contribution in [-0.4, -0.2) is 75.8 Å². The number of carbonyl (C=O) groups is 1. The second-order valence-corrected chi connectivity index (χ2v) is 3.55. The van der Waals surface area contributed by atoms with Gasteiger partial charge in [-0.3, -0.25) is 4.55 Å². The maximum absolute atomic E-state index is 10.5. The Bertz CT molecular complexity index is 271. The van der Waals surface area contributed by atoms with E-state index in [9.17, 15) is 13.2 Å². The van der Waals surface area contributed by atoms with Crippen molar-refractivity contribution >= 4 is 67.5 Å². The van der Waals surface area contributed by atoms with E-state index in [1.807, 2.05) is 0 Å². The summed E-state index contributed by atoms with van der Waals surface area (Å²) in [7, 11) is -4.31. The first-order chi connectivity index (χ1) is 5.41. The van der Waals surface area contributed by atoms with Crippen molar-refractivity contribution in [2.24, 2.45) is 0 Å². The topological polar surface area (TPSA) is 80.7 Å². The molecule has 0 spiro atoms. The van der Waals surface area contributed by atoms with E-state index < -0.39 is 21.5 Å². The van der Waals surface area contributed by atoms with Crippen molar-refractivity contribution in [3.05, 3.63) is 12.7 Å². The molecule has 5 nitrogen and oxygen atoms in total. The summed E-state index contributed by atoms with van der Waals surface area (Å²) in [5.41, 5.74) is -1.50. The number of esters is 1. The molecule has 0 aliphatic rings. The molecular formula is C6H11KO5S. The van der Waals surface area contributed by atoms with Gasteiger partial charge in [0.2, 0.25) is 5.44 Å². The number of hydrogen-bond donors (Lipinski definition) is 1. The predicted molar refractivity (Wildman–Crippen MR) is 49.1 cm³/mol. The predicted octanol–water partition coefficient (Wildman–Crippen LogP) is -0.309. The number of rotatable bonds is 4. The van der Waals surface area contributed by atoms with Crippen LogP contribution in [0.1, 0.15) is 13.3 Å². The number of ether oxygens (including phenoxy) is 1. The van der Waals surface area contributed by atoms with Gasteiger partial charge in [-0.1, -0.05) is 13.5 Å². The van der Waals surface area contributed by atoms with Gasteiger partial charge in [0.1, 0.15) is 0 Å². The Morgan fingerprint density at radius 2 is 2.15 bits per heavy atom. The molecule has 0 aromatic rings. The molecule has 0 aliphatic heterocycles.